The van der Waals surface area contributed by atoms with Crippen molar-refractivity contribution in [3.05, 3.63) is 71.5 Å². The van der Waals surface area contributed by atoms with Gasteiger partial charge >= 0.3 is 0 Å². The highest BCUT2D eigenvalue weighted by atomic mass is 19.1. The van der Waals surface area contributed by atoms with Crippen LogP contribution in [0.15, 0.2) is 54.6 Å². The van der Waals surface area contributed by atoms with Crippen molar-refractivity contribution in [2.75, 3.05) is 33.4 Å². The summed E-state index contributed by atoms with van der Waals surface area (Å²) in [5.74, 6) is -2.42. The van der Waals surface area contributed by atoms with Gasteiger partial charge in [0.05, 0.1) is 18.6 Å². The zero-order chi connectivity index (χ0) is 25.0. The molecule has 0 aromatic heterocycles. The fourth-order valence-electron chi connectivity index (χ4n) is 5.13. The number of imide groups is 1. The minimum atomic E-state index is -1.62. The molecule has 8 heteroatoms. The normalized spacial score (nSPS) is 22.5. The van der Waals surface area contributed by atoms with Gasteiger partial charge in [-0.1, -0.05) is 48.5 Å². The minimum absolute atomic E-state index is 0.0234. The Morgan fingerprint density at radius 3 is 2.51 bits per heavy atom. The zero-order valence-electron chi connectivity index (χ0n) is 19.7. The molecule has 4 rings (SSSR count). The summed E-state index contributed by atoms with van der Waals surface area (Å²) in [6, 6.07) is 14.7. The topological polar surface area (TPSA) is 84.0 Å². The molecule has 0 saturated carbocycles. The number of hydrogen-bond acceptors (Lipinski definition) is 5. The van der Waals surface area contributed by atoms with Crippen LogP contribution in [0.25, 0.3) is 0 Å². The SMILES string of the molecule is COCCN1C(=O)CC(CC(=O)N2CCCC(C(=O)c3ccccc3)C2)(c2ccccc2F)C1=O. The molecule has 2 aromatic rings. The summed E-state index contributed by atoms with van der Waals surface area (Å²) in [5, 5.41) is 0. The van der Waals surface area contributed by atoms with E-state index < -0.39 is 23.0 Å². The predicted molar refractivity (Wildman–Crippen MR) is 126 cm³/mol. The van der Waals surface area contributed by atoms with Crippen molar-refractivity contribution >= 4 is 23.5 Å². The van der Waals surface area contributed by atoms with Gasteiger partial charge in [0.25, 0.3) is 0 Å². The maximum atomic E-state index is 14.9. The van der Waals surface area contributed by atoms with E-state index in [0.29, 0.717) is 24.9 Å². The first-order valence-corrected chi connectivity index (χ1v) is 11.8. The van der Waals surface area contributed by atoms with Crippen LogP contribution in [-0.2, 0) is 24.5 Å². The van der Waals surface area contributed by atoms with Crippen molar-refractivity contribution < 1.29 is 28.3 Å². The van der Waals surface area contributed by atoms with Crippen molar-refractivity contribution in [1.82, 2.24) is 9.80 Å². The maximum absolute atomic E-state index is 14.9. The first kappa shape index (κ1) is 24.7. The number of halogens is 1. The van der Waals surface area contributed by atoms with Crippen LogP contribution in [0.1, 0.15) is 41.6 Å². The third-order valence-electron chi connectivity index (χ3n) is 6.97. The van der Waals surface area contributed by atoms with Crippen LogP contribution in [0.2, 0.25) is 0 Å². The average molecular weight is 481 g/mol. The molecular formula is C27H29FN2O5. The number of piperidine rings is 1. The maximum Gasteiger partial charge on any atom is 0.241 e. The molecule has 7 nitrogen and oxygen atoms in total. The number of rotatable bonds is 8. The van der Waals surface area contributed by atoms with Crippen LogP contribution in [-0.4, -0.2) is 66.7 Å². The molecule has 0 spiro atoms. The number of carbonyl (C=O) groups excluding carboxylic acids is 4. The Labute approximate surface area is 203 Å². The van der Waals surface area contributed by atoms with Crippen molar-refractivity contribution in [1.29, 1.82) is 0 Å². The molecule has 184 valence electrons. The van der Waals surface area contributed by atoms with Gasteiger partial charge in [0.1, 0.15) is 5.82 Å². The highest BCUT2D eigenvalue weighted by Crippen LogP contribution is 2.41. The Bertz CT molecular complexity index is 1120. The summed E-state index contributed by atoms with van der Waals surface area (Å²) in [6.07, 6.45) is 0.684. The number of nitrogens with zero attached hydrogens (tertiary/aromatic N) is 2. The molecule has 2 saturated heterocycles. The van der Waals surface area contributed by atoms with Crippen molar-refractivity contribution in [3.8, 4) is 0 Å². The van der Waals surface area contributed by atoms with E-state index in [0.717, 1.165) is 4.90 Å². The van der Waals surface area contributed by atoms with E-state index in [1.165, 1.54) is 25.3 Å². The molecule has 2 aliphatic rings. The number of hydrogen-bond donors (Lipinski definition) is 0. The third-order valence-corrected chi connectivity index (χ3v) is 6.97. The quantitative estimate of drug-likeness (QED) is 0.429. The second kappa shape index (κ2) is 10.5. The predicted octanol–water partition coefficient (Wildman–Crippen LogP) is 2.98. The van der Waals surface area contributed by atoms with Crippen LogP contribution < -0.4 is 0 Å². The molecule has 2 unspecified atom stereocenters. The Balaban J connectivity index is 1.59. The van der Waals surface area contributed by atoms with Crippen LogP contribution in [0.5, 0.6) is 0 Å². The molecule has 2 heterocycles. The number of ketones is 1. The minimum Gasteiger partial charge on any atom is -0.383 e. The summed E-state index contributed by atoms with van der Waals surface area (Å²) < 4.78 is 20.0. The van der Waals surface area contributed by atoms with Gasteiger partial charge < -0.3 is 9.64 Å². The second-order valence-corrected chi connectivity index (χ2v) is 9.17. The van der Waals surface area contributed by atoms with Crippen molar-refractivity contribution in [2.24, 2.45) is 5.92 Å². The van der Waals surface area contributed by atoms with Gasteiger partial charge in [0, 0.05) is 50.1 Å². The van der Waals surface area contributed by atoms with Crippen LogP contribution in [0, 0.1) is 11.7 Å². The van der Waals surface area contributed by atoms with Gasteiger partial charge in [-0.25, -0.2) is 4.39 Å². The molecule has 0 aliphatic carbocycles. The molecule has 2 aromatic carbocycles. The smallest absolute Gasteiger partial charge is 0.241 e. The number of carbonyl (C=O) groups is 4. The van der Waals surface area contributed by atoms with Crippen LogP contribution in [0.3, 0.4) is 0 Å². The highest BCUT2D eigenvalue weighted by Gasteiger charge is 2.55. The van der Waals surface area contributed by atoms with E-state index >= 15 is 0 Å². The molecule has 0 bridgehead atoms. The van der Waals surface area contributed by atoms with Gasteiger partial charge in [-0.2, -0.15) is 0 Å². The van der Waals surface area contributed by atoms with Gasteiger partial charge in [-0.15, -0.1) is 0 Å². The number of likely N-dealkylation sites (tertiary alicyclic amines) is 2. The van der Waals surface area contributed by atoms with E-state index in [4.69, 9.17) is 4.74 Å². The van der Waals surface area contributed by atoms with E-state index in [9.17, 15) is 23.6 Å². The fourth-order valence-corrected chi connectivity index (χ4v) is 5.13. The summed E-state index contributed by atoms with van der Waals surface area (Å²) in [4.78, 5) is 55.5. The molecule has 2 atom stereocenters. The summed E-state index contributed by atoms with van der Waals surface area (Å²) in [7, 11) is 1.46. The van der Waals surface area contributed by atoms with E-state index in [1.807, 2.05) is 6.07 Å². The number of benzene rings is 2. The zero-order valence-corrected chi connectivity index (χ0v) is 19.7. The highest BCUT2D eigenvalue weighted by molar-refractivity contribution is 6.10. The second-order valence-electron chi connectivity index (χ2n) is 9.17. The summed E-state index contributed by atoms with van der Waals surface area (Å²) >= 11 is 0. The lowest BCUT2D eigenvalue weighted by atomic mass is 9.75. The van der Waals surface area contributed by atoms with Gasteiger partial charge in [0.2, 0.25) is 17.7 Å². The molecule has 0 N–H and O–H groups in total. The van der Waals surface area contributed by atoms with Crippen LogP contribution >= 0.6 is 0 Å². The number of amides is 3. The molecule has 0 radical (unpaired) electrons. The monoisotopic (exact) mass is 480 g/mol. The first-order valence-electron chi connectivity index (χ1n) is 11.8. The van der Waals surface area contributed by atoms with Crippen molar-refractivity contribution in [3.63, 3.8) is 0 Å². The lowest BCUT2D eigenvalue weighted by molar-refractivity contribution is -0.143. The average Bonchev–Trinajstić information content (AvgIpc) is 3.12. The lowest BCUT2D eigenvalue weighted by Gasteiger charge is -2.35. The van der Waals surface area contributed by atoms with Gasteiger partial charge in [0.15, 0.2) is 5.78 Å². The van der Waals surface area contributed by atoms with Gasteiger partial charge in [-0.3, -0.25) is 24.1 Å². The first-order chi connectivity index (χ1) is 16.9. The third kappa shape index (κ3) is 4.89. The number of Topliss-reactive ketones (excluding diaryl/α,β-unsaturated/α-hetero) is 1. The molecular weight excluding hydrogens is 451 g/mol. The molecule has 35 heavy (non-hydrogen) atoms. The Hall–Kier alpha value is -3.39. The summed E-state index contributed by atoms with van der Waals surface area (Å²) in [5.41, 5.74) is -0.982. The van der Waals surface area contributed by atoms with E-state index in [2.05, 4.69) is 0 Å². The van der Waals surface area contributed by atoms with E-state index in [1.54, 1.807) is 35.2 Å². The largest absolute Gasteiger partial charge is 0.383 e. The Morgan fingerprint density at radius 1 is 1.09 bits per heavy atom. The molecule has 2 fully saturated rings. The van der Waals surface area contributed by atoms with Crippen LogP contribution in [0.4, 0.5) is 4.39 Å². The van der Waals surface area contributed by atoms with E-state index in [-0.39, 0.29) is 55.7 Å². The molecule has 2 aliphatic heterocycles. The standard InChI is InChI=1S/C27H29FN2O5/c1-35-15-14-30-24(32)17-27(26(30)34,21-11-5-6-12-22(21)28)16-23(31)29-13-7-10-20(18-29)25(33)19-8-3-2-4-9-19/h2-6,8-9,11-12,20H,7,10,13-18H2,1H3. The fraction of sp³-hybridized carbons (Fsp3) is 0.407. The van der Waals surface area contributed by atoms with Crippen molar-refractivity contribution in [2.45, 2.75) is 31.1 Å². The Morgan fingerprint density at radius 2 is 1.80 bits per heavy atom. The number of methoxy groups -OCH3 is 1. The lowest BCUT2D eigenvalue weighted by Crippen LogP contribution is -2.47. The Kier molecular flexibility index (Phi) is 7.40. The molecule has 3 amide bonds. The number of ether oxygens (including phenoxy) is 1. The summed E-state index contributed by atoms with van der Waals surface area (Å²) in [6.45, 7) is 0.861. The van der Waals surface area contributed by atoms with Gasteiger partial charge in [-0.05, 0) is 18.9 Å².